The summed E-state index contributed by atoms with van der Waals surface area (Å²) >= 11 is 0. The van der Waals surface area contributed by atoms with Gasteiger partial charge in [-0.15, -0.1) is 4.99 Å². The van der Waals surface area contributed by atoms with Crippen LogP contribution in [0.15, 0.2) is 29.3 Å². The Morgan fingerprint density at radius 2 is 1.21 bits per heavy atom. The molecule has 10 nitrogen and oxygen atoms in total. The van der Waals surface area contributed by atoms with Crippen molar-refractivity contribution >= 4 is 23.9 Å². The van der Waals surface area contributed by atoms with Gasteiger partial charge in [0.1, 0.15) is 17.1 Å². The van der Waals surface area contributed by atoms with Crippen molar-refractivity contribution < 1.29 is 33.7 Å². The Kier molecular flexibility index (Phi) is 11.8. The molecule has 0 aromatic heterocycles. The van der Waals surface area contributed by atoms with Crippen LogP contribution in [0.1, 0.15) is 54.2 Å². The molecule has 0 aliphatic carbocycles. The third-order valence-corrected chi connectivity index (χ3v) is 4.77. The maximum Gasteiger partial charge on any atom is 0.437 e. The number of carbonyl (C=O) groups excluding carboxylic acids is 2. The minimum atomic E-state index is -0.954. The van der Waals surface area contributed by atoms with E-state index in [4.69, 9.17) is 25.1 Å². The molecule has 0 saturated heterocycles. The quantitative estimate of drug-likeness (QED) is 0.367. The second kappa shape index (κ2) is 14.0. The van der Waals surface area contributed by atoms with E-state index in [2.05, 4.69) is 10.3 Å². The molecule has 0 atom stereocenters. The highest BCUT2D eigenvalue weighted by molar-refractivity contribution is 6.00. The zero-order valence-corrected chi connectivity index (χ0v) is 23.6. The van der Waals surface area contributed by atoms with Crippen molar-refractivity contribution in [1.82, 2.24) is 5.32 Å². The lowest BCUT2D eigenvalue weighted by molar-refractivity contribution is -0.139. The molecule has 2 aromatic carbocycles. The number of aliphatic carboxylic acids is 1. The van der Waals surface area contributed by atoms with Crippen molar-refractivity contribution in [2.75, 3.05) is 13.2 Å². The minimum absolute atomic E-state index is 0.241. The Hall–Kier alpha value is -4.08. The Balaban J connectivity index is 0.000000437. The van der Waals surface area contributed by atoms with Gasteiger partial charge in [-0.1, -0.05) is 35.4 Å². The smallest absolute Gasteiger partial charge is 0.437 e. The number of nitrogens with zero attached hydrogens (tertiary/aromatic N) is 1. The van der Waals surface area contributed by atoms with Crippen LogP contribution in [0.3, 0.4) is 0 Å². The number of nitrogens with two attached hydrogens (primary N) is 1. The van der Waals surface area contributed by atoms with Crippen LogP contribution in [0.25, 0.3) is 0 Å². The molecule has 0 saturated carbocycles. The fraction of sp³-hybridized carbons (Fsp3) is 0.429. The highest BCUT2D eigenvalue weighted by Gasteiger charge is 2.16. The number of amides is 2. The Morgan fingerprint density at radius 1 is 0.816 bits per heavy atom. The Bertz CT molecular complexity index is 1150. The highest BCUT2D eigenvalue weighted by Crippen LogP contribution is 2.25. The van der Waals surface area contributed by atoms with E-state index in [-0.39, 0.29) is 19.2 Å². The van der Waals surface area contributed by atoms with Crippen LogP contribution in [0, 0.1) is 41.5 Å². The first kappa shape index (κ1) is 31.9. The largest absolute Gasteiger partial charge is 0.483 e. The Morgan fingerprint density at radius 3 is 1.58 bits per heavy atom. The van der Waals surface area contributed by atoms with E-state index in [0.717, 1.165) is 33.4 Å². The third kappa shape index (κ3) is 11.8. The number of hydrogen-bond donors (Lipinski definition) is 3. The van der Waals surface area contributed by atoms with Crippen molar-refractivity contribution in [3.63, 3.8) is 0 Å². The number of nitrogens with one attached hydrogen (secondary N) is 1. The molecule has 0 aliphatic heterocycles. The van der Waals surface area contributed by atoms with Gasteiger partial charge in [-0.05, 0) is 84.6 Å². The average molecular weight is 530 g/mol. The lowest BCUT2D eigenvalue weighted by atomic mass is 10.1. The highest BCUT2D eigenvalue weighted by atomic mass is 16.6. The van der Waals surface area contributed by atoms with Crippen LogP contribution in [0.5, 0.6) is 11.5 Å². The van der Waals surface area contributed by atoms with Gasteiger partial charge >= 0.3 is 12.1 Å². The van der Waals surface area contributed by atoms with Gasteiger partial charge in [-0.2, -0.15) is 0 Å². The van der Waals surface area contributed by atoms with Crippen molar-refractivity contribution in [3.8, 4) is 11.5 Å². The lowest BCUT2D eigenvalue weighted by Gasteiger charge is -2.17. The van der Waals surface area contributed by atoms with E-state index < -0.39 is 23.6 Å². The molecule has 0 radical (unpaired) electrons. The summed E-state index contributed by atoms with van der Waals surface area (Å²) in [6, 6.07) is 7.89. The summed E-state index contributed by atoms with van der Waals surface area (Å²) in [5, 5.41) is 10.8. The average Bonchev–Trinajstić information content (AvgIpc) is 2.70. The van der Waals surface area contributed by atoms with Crippen LogP contribution < -0.4 is 20.5 Å². The number of hydrogen-bond acceptors (Lipinski definition) is 6. The summed E-state index contributed by atoms with van der Waals surface area (Å²) in [6.07, 6.45) is -0.869. The molecule has 4 N–H and O–H groups in total. The zero-order valence-electron chi connectivity index (χ0n) is 23.6. The van der Waals surface area contributed by atoms with Crippen LogP contribution in [0.2, 0.25) is 0 Å². The lowest BCUT2D eigenvalue weighted by Crippen LogP contribution is -2.40. The van der Waals surface area contributed by atoms with E-state index in [1.165, 1.54) is 0 Å². The van der Waals surface area contributed by atoms with E-state index in [1.54, 1.807) is 20.8 Å². The topological polar surface area (TPSA) is 150 Å². The molecule has 208 valence electrons. The van der Waals surface area contributed by atoms with Crippen molar-refractivity contribution in [2.45, 2.75) is 67.9 Å². The van der Waals surface area contributed by atoms with Crippen LogP contribution in [-0.2, 0) is 14.3 Å². The molecule has 0 aliphatic rings. The van der Waals surface area contributed by atoms with E-state index in [1.807, 2.05) is 65.8 Å². The standard InChI is InChI=1S/C17H25N3O4.C11H14O3/c1-10-7-11(2)14(12(3)8-10)23-9-13(21)19-15(18)20-16(22)24-17(4,5)6;1-7-4-8(2)11(9(3)5-7)14-6-10(12)13/h7-8H,9H2,1-6H3,(H3,18,19,20,21,22);4-5H,6H2,1-3H3,(H,12,13). The van der Waals surface area contributed by atoms with E-state index in [0.29, 0.717) is 11.5 Å². The molecule has 0 fully saturated rings. The van der Waals surface area contributed by atoms with Crippen molar-refractivity contribution in [1.29, 1.82) is 0 Å². The van der Waals surface area contributed by atoms with E-state index >= 15 is 0 Å². The van der Waals surface area contributed by atoms with Gasteiger partial charge in [0.15, 0.2) is 13.2 Å². The van der Waals surface area contributed by atoms with Gasteiger partial charge in [0.05, 0.1) is 0 Å². The third-order valence-electron chi connectivity index (χ3n) is 4.77. The number of carbonyl (C=O) groups is 3. The first-order chi connectivity index (χ1) is 17.5. The second-order valence-electron chi connectivity index (χ2n) is 9.95. The number of ether oxygens (including phenoxy) is 3. The number of benzene rings is 2. The SMILES string of the molecule is Cc1cc(C)c(OCC(=O)NC(N)=NC(=O)OC(C)(C)C)c(C)c1.Cc1cc(C)c(OCC(=O)O)c(C)c1. The van der Waals surface area contributed by atoms with Gasteiger partial charge in [0, 0.05) is 0 Å². The van der Waals surface area contributed by atoms with Crippen LogP contribution >= 0.6 is 0 Å². The molecule has 38 heavy (non-hydrogen) atoms. The molecule has 0 heterocycles. The minimum Gasteiger partial charge on any atom is -0.483 e. The summed E-state index contributed by atoms with van der Waals surface area (Å²) in [7, 11) is 0. The van der Waals surface area contributed by atoms with Crippen molar-refractivity contribution in [2.24, 2.45) is 10.7 Å². The monoisotopic (exact) mass is 529 g/mol. The van der Waals surface area contributed by atoms with Gasteiger partial charge in [0.25, 0.3) is 5.91 Å². The Labute approximate surface area is 224 Å². The maximum absolute atomic E-state index is 11.8. The summed E-state index contributed by atoms with van der Waals surface area (Å²) in [5.41, 5.74) is 10.9. The van der Waals surface area contributed by atoms with Crippen LogP contribution in [-0.4, -0.2) is 47.9 Å². The number of carboxylic acid groups (broad SMARTS) is 1. The molecule has 2 amide bonds. The van der Waals surface area contributed by atoms with E-state index in [9.17, 15) is 14.4 Å². The van der Waals surface area contributed by atoms with Crippen molar-refractivity contribution in [3.05, 3.63) is 57.6 Å². The zero-order chi connectivity index (χ0) is 29.2. The van der Waals surface area contributed by atoms with Gasteiger partial charge in [-0.3, -0.25) is 10.1 Å². The molecule has 0 bridgehead atoms. The second-order valence-corrected chi connectivity index (χ2v) is 9.95. The van der Waals surface area contributed by atoms with Gasteiger partial charge in [-0.25, -0.2) is 9.59 Å². The first-order valence-electron chi connectivity index (χ1n) is 12.0. The van der Waals surface area contributed by atoms with Gasteiger partial charge in [0.2, 0.25) is 5.96 Å². The number of aryl methyl sites for hydroxylation is 6. The first-order valence-corrected chi connectivity index (χ1v) is 12.0. The molecule has 2 aromatic rings. The van der Waals surface area contributed by atoms with Gasteiger partial charge < -0.3 is 25.1 Å². The predicted molar refractivity (Wildman–Crippen MR) is 146 cm³/mol. The fourth-order valence-electron chi connectivity index (χ4n) is 3.65. The molecule has 0 unspecified atom stereocenters. The number of rotatable bonds is 6. The molecule has 10 heteroatoms. The summed E-state index contributed by atoms with van der Waals surface area (Å²) < 4.78 is 15.7. The molecule has 0 spiro atoms. The normalized spacial score (nSPS) is 11.1. The molecular weight excluding hydrogens is 490 g/mol. The summed E-state index contributed by atoms with van der Waals surface area (Å²) in [6.45, 7) is 16.2. The number of carboxylic acids is 1. The maximum atomic E-state index is 11.8. The number of guanidine groups is 1. The predicted octanol–water partition coefficient (Wildman–Crippen LogP) is 4.43. The number of aliphatic imine (C=N–C) groups is 1. The molecular formula is C28H39N3O7. The molecule has 2 rings (SSSR count). The summed E-state index contributed by atoms with van der Waals surface area (Å²) in [5.74, 6) is -0.477. The van der Waals surface area contributed by atoms with Crippen LogP contribution in [0.4, 0.5) is 4.79 Å². The summed E-state index contributed by atoms with van der Waals surface area (Å²) in [4.78, 5) is 37.1. The fourth-order valence-corrected chi connectivity index (χ4v) is 3.65.